The molecule has 1 N–H and O–H groups in total. The highest BCUT2D eigenvalue weighted by molar-refractivity contribution is 5.78. The molecule has 1 heterocycles. The van der Waals surface area contributed by atoms with Crippen LogP contribution >= 0.6 is 0 Å². The first-order valence-corrected chi connectivity index (χ1v) is 7.38. The lowest BCUT2D eigenvalue weighted by molar-refractivity contribution is -0.188. The molecule has 2 atom stereocenters. The number of hydrogen-bond acceptors (Lipinski definition) is 3. The number of piperidine rings is 1. The van der Waals surface area contributed by atoms with Crippen molar-refractivity contribution in [3.63, 3.8) is 0 Å². The van der Waals surface area contributed by atoms with Gasteiger partial charge in [-0.15, -0.1) is 0 Å². The van der Waals surface area contributed by atoms with E-state index < -0.39 is 18.2 Å². The van der Waals surface area contributed by atoms with Crippen LogP contribution in [0.5, 0.6) is 0 Å². The molecule has 0 bridgehead atoms. The standard InChI is InChI=1S/C14H25F3N2O2/c1-10(2)19(7-11(3)20)9-13(21)18-6-4-5-12(8-18)14(15,16)17/h10-12,20H,4-9H2,1-3H3. The van der Waals surface area contributed by atoms with Crippen molar-refractivity contribution < 1.29 is 23.1 Å². The van der Waals surface area contributed by atoms with Gasteiger partial charge in [0.2, 0.25) is 5.91 Å². The monoisotopic (exact) mass is 310 g/mol. The second kappa shape index (κ2) is 7.45. The molecule has 0 aliphatic carbocycles. The highest BCUT2D eigenvalue weighted by atomic mass is 19.4. The maximum atomic E-state index is 12.8. The third-order valence-corrected chi connectivity index (χ3v) is 3.80. The number of aliphatic hydroxyl groups excluding tert-OH is 1. The average molecular weight is 310 g/mol. The summed E-state index contributed by atoms with van der Waals surface area (Å²) in [4.78, 5) is 15.3. The van der Waals surface area contributed by atoms with E-state index in [-0.39, 0.29) is 31.5 Å². The SMILES string of the molecule is CC(O)CN(CC(=O)N1CCCC(C(F)(F)F)C1)C(C)C. The van der Waals surface area contributed by atoms with Crippen molar-refractivity contribution in [2.24, 2.45) is 5.92 Å². The Labute approximate surface area is 123 Å². The van der Waals surface area contributed by atoms with Gasteiger partial charge in [0.15, 0.2) is 0 Å². The molecule has 21 heavy (non-hydrogen) atoms. The number of nitrogens with zero attached hydrogens (tertiary/aromatic N) is 2. The first kappa shape index (κ1) is 18.2. The van der Waals surface area contributed by atoms with Crippen LogP contribution in [0, 0.1) is 5.92 Å². The third kappa shape index (κ3) is 5.82. The van der Waals surface area contributed by atoms with Gasteiger partial charge >= 0.3 is 6.18 Å². The highest BCUT2D eigenvalue weighted by Gasteiger charge is 2.42. The number of hydrogen-bond donors (Lipinski definition) is 1. The maximum absolute atomic E-state index is 12.8. The average Bonchev–Trinajstić information content (AvgIpc) is 2.36. The zero-order valence-electron chi connectivity index (χ0n) is 12.9. The lowest BCUT2D eigenvalue weighted by atomic mass is 9.97. The molecule has 124 valence electrons. The largest absolute Gasteiger partial charge is 0.393 e. The molecule has 0 spiro atoms. The molecule has 1 amide bonds. The molecule has 0 aromatic rings. The number of amides is 1. The molecular formula is C14H25F3N2O2. The van der Waals surface area contributed by atoms with Gasteiger partial charge in [-0.05, 0) is 33.6 Å². The Morgan fingerprint density at radius 3 is 2.48 bits per heavy atom. The number of rotatable bonds is 5. The molecule has 1 aliphatic heterocycles. The first-order chi connectivity index (χ1) is 9.61. The van der Waals surface area contributed by atoms with Gasteiger partial charge in [0.1, 0.15) is 0 Å². The van der Waals surface area contributed by atoms with Crippen LogP contribution in [0.3, 0.4) is 0 Å². The van der Waals surface area contributed by atoms with Crippen LogP contribution in [0.4, 0.5) is 13.2 Å². The second-order valence-electron chi connectivity index (χ2n) is 6.09. The summed E-state index contributed by atoms with van der Waals surface area (Å²) in [6, 6.07) is 0.0479. The lowest BCUT2D eigenvalue weighted by Gasteiger charge is -2.36. The van der Waals surface area contributed by atoms with Gasteiger partial charge in [0, 0.05) is 25.7 Å². The van der Waals surface area contributed by atoms with Crippen molar-refractivity contribution in [3.8, 4) is 0 Å². The van der Waals surface area contributed by atoms with E-state index in [1.807, 2.05) is 13.8 Å². The number of carbonyl (C=O) groups excluding carboxylic acids is 1. The zero-order valence-corrected chi connectivity index (χ0v) is 12.9. The van der Waals surface area contributed by atoms with E-state index in [9.17, 15) is 23.1 Å². The van der Waals surface area contributed by atoms with E-state index in [0.717, 1.165) is 0 Å². The maximum Gasteiger partial charge on any atom is 0.393 e. The minimum Gasteiger partial charge on any atom is -0.392 e. The van der Waals surface area contributed by atoms with Gasteiger partial charge < -0.3 is 10.0 Å². The van der Waals surface area contributed by atoms with Crippen LogP contribution in [0.1, 0.15) is 33.6 Å². The van der Waals surface area contributed by atoms with Gasteiger partial charge in [-0.1, -0.05) is 0 Å². The fourth-order valence-electron chi connectivity index (χ4n) is 2.54. The van der Waals surface area contributed by atoms with Crippen LogP contribution < -0.4 is 0 Å². The summed E-state index contributed by atoms with van der Waals surface area (Å²) in [5.41, 5.74) is 0. The van der Waals surface area contributed by atoms with E-state index in [4.69, 9.17) is 0 Å². The predicted octanol–water partition coefficient (Wildman–Crippen LogP) is 1.88. The summed E-state index contributed by atoms with van der Waals surface area (Å²) in [7, 11) is 0. The Morgan fingerprint density at radius 2 is 2.00 bits per heavy atom. The van der Waals surface area contributed by atoms with Crippen molar-refractivity contribution in [3.05, 3.63) is 0 Å². The van der Waals surface area contributed by atoms with E-state index in [1.165, 1.54) is 4.90 Å². The fraction of sp³-hybridized carbons (Fsp3) is 0.929. The zero-order chi connectivity index (χ0) is 16.2. The van der Waals surface area contributed by atoms with Crippen molar-refractivity contribution in [2.45, 2.75) is 51.9 Å². The summed E-state index contributed by atoms with van der Waals surface area (Å²) in [6.07, 6.45) is -4.34. The molecule has 1 aliphatic rings. The molecule has 1 fully saturated rings. The van der Waals surface area contributed by atoms with Gasteiger partial charge in [-0.3, -0.25) is 9.69 Å². The molecule has 0 radical (unpaired) electrons. The summed E-state index contributed by atoms with van der Waals surface area (Å²) in [5, 5.41) is 9.43. The van der Waals surface area contributed by atoms with Crippen LogP contribution in [0.25, 0.3) is 0 Å². The Bertz CT molecular complexity index is 346. The van der Waals surface area contributed by atoms with Gasteiger partial charge in [-0.2, -0.15) is 13.2 Å². The van der Waals surface area contributed by atoms with E-state index in [0.29, 0.717) is 19.5 Å². The Kier molecular flexibility index (Phi) is 6.46. The number of carbonyl (C=O) groups is 1. The highest BCUT2D eigenvalue weighted by Crippen LogP contribution is 2.33. The van der Waals surface area contributed by atoms with Crippen molar-refractivity contribution in [1.29, 1.82) is 0 Å². The van der Waals surface area contributed by atoms with E-state index in [1.54, 1.807) is 11.8 Å². The molecule has 0 saturated carbocycles. The topological polar surface area (TPSA) is 43.8 Å². The predicted molar refractivity (Wildman–Crippen MR) is 73.7 cm³/mol. The normalized spacial score (nSPS) is 22.0. The van der Waals surface area contributed by atoms with Crippen LogP contribution in [0.15, 0.2) is 0 Å². The molecule has 2 unspecified atom stereocenters. The molecule has 1 rings (SSSR count). The van der Waals surface area contributed by atoms with Crippen molar-refractivity contribution in [1.82, 2.24) is 9.80 Å². The third-order valence-electron chi connectivity index (χ3n) is 3.80. The van der Waals surface area contributed by atoms with Gasteiger partial charge in [-0.25, -0.2) is 0 Å². The number of alkyl halides is 3. The molecular weight excluding hydrogens is 285 g/mol. The van der Waals surface area contributed by atoms with Gasteiger partial charge in [0.25, 0.3) is 0 Å². The first-order valence-electron chi connectivity index (χ1n) is 7.38. The molecule has 1 saturated heterocycles. The smallest absolute Gasteiger partial charge is 0.392 e. The number of likely N-dealkylation sites (tertiary alicyclic amines) is 1. The summed E-state index contributed by atoms with van der Waals surface area (Å²) in [6.45, 7) is 5.93. The summed E-state index contributed by atoms with van der Waals surface area (Å²) in [5.74, 6) is -1.71. The molecule has 0 aromatic carbocycles. The van der Waals surface area contributed by atoms with E-state index >= 15 is 0 Å². The number of halogens is 3. The minimum atomic E-state index is -4.24. The molecule has 7 heteroatoms. The van der Waals surface area contributed by atoms with E-state index in [2.05, 4.69) is 0 Å². The van der Waals surface area contributed by atoms with Gasteiger partial charge in [0.05, 0.1) is 18.6 Å². The molecule has 4 nitrogen and oxygen atoms in total. The van der Waals surface area contributed by atoms with Crippen LogP contribution in [-0.4, -0.2) is 65.3 Å². The van der Waals surface area contributed by atoms with Crippen molar-refractivity contribution >= 4 is 5.91 Å². The quantitative estimate of drug-likeness (QED) is 0.843. The van der Waals surface area contributed by atoms with Crippen LogP contribution in [-0.2, 0) is 4.79 Å². The van der Waals surface area contributed by atoms with Crippen molar-refractivity contribution in [2.75, 3.05) is 26.2 Å². The summed E-state index contributed by atoms with van der Waals surface area (Å²) >= 11 is 0. The number of aliphatic hydroxyl groups is 1. The fourth-order valence-corrected chi connectivity index (χ4v) is 2.54. The summed E-state index contributed by atoms with van der Waals surface area (Å²) < 4.78 is 38.3. The minimum absolute atomic E-state index is 0.0479. The lowest BCUT2D eigenvalue weighted by Crippen LogP contribution is -2.50. The Balaban J connectivity index is 2.61. The Morgan fingerprint density at radius 1 is 1.38 bits per heavy atom. The molecule has 0 aromatic heterocycles. The van der Waals surface area contributed by atoms with Crippen LogP contribution in [0.2, 0.25) is 0 Å². The second-order valence-corrected chi connectivity index (χ2v) is 6.09. The Hall–Kier alpha value is -0.820.